The van der Waals surface area contributed by atoms with Crippen LogP contribution in [0.5, 0.6) is 5.75 Å². The molecule has 82 valence electrons. The molecule has 0 radical (unpaired) electrons. The molecule has 0 fully saturated rings. The fourth-order valence-corrected chi connectivity index (χ4v) is 2.46. The number of fused-ring (bicyclic) bond motifs is 1. The second kappa shape index (κ2) is 4.39. The van der Waals surface area contributed by atoms with Gasteiger partial charge in [0.1, 0.15) is 5.75 Å². The van der Waals surface area contributed by atoms with Crippen LogP contribution >= 0.6 is 11.6 Å². The zero-order chi connectivity index (χ0) is 10.8. The molecule has 0 heterocycles. The van der Waals surface area contributed by atoms with Crippen molar-refractivity contribution in [2.45, 2.75) is 32.2 Å². The van der Waals surface area contributed by atoms with Crippen molar-refractivity contribution >= 4 is 11.6 Å². The Bertz CT molecular complexity index is 379. The largest absolute Gasteiger partial charge is 0.506 e. The number of phenols is 1. The van der Waals surface area contributed by atoms with Gasteiger partial charge in [0.05, 0.1) is 5.02 Å². The van der Waals surface area contributed by atoms with Gasteiger partial charge < -0.3 is 10.3 Å². The molecule has 0 atom stereocenters. The van der Waals surface area contributed by atoms with Gasteiger partial charge in [-0.15, -0.1) is 0 Å². The number of benzene rings is 1. The van der Waals surface area contributed by atoms with E-state index in [0.717, 1.165) is 30.4 Å². The average Bonchev–Trinajstić information content (AvgIpc) is 2.25. The maximum atomic E-state index is 9.80. The van der Waals surface area contributed by atoms with E-state index in [1.807, 2.05) is 6.07 Å². The highest BCUT2D eigenvalue weighted by molar-refractivity contribution is 6.32. The Hall–Kier alpha value is -0.770. The van der Waals surface area contributed by atoms with Crippen molar-refractivity contribution in [3.8, 4) is 5.75 Å². The van der Waals surface area contributed by atoms with Gasteiger partial charge in [-0.1, -0.05) is 11.6 Å². The first-order valence-electron chi connectivity index (χ1n) is 5.13. The van der Waals surface area contributed by atoms with Gasteiger partial charge in [0.15, 0.2) is 0 Å². The van der Waals surface area contributed by atoms with Crippen LogP contribution in [0.1, 0.15) is 29.5 Å². The molecule has 0 aromatic heterocycles. The lowest BCUT2D eigenvalue weighted by Gasteiger charge is -2.21. The number of phenolic OH excluding ortho intramolecular Hbond substituents is 1. The van der Waals surface area contributed by atoms with Crippen LogP contribution in [0.2, 0.25) is 5.02 Å². The zero-order valence-electron chi connectivity index (χ0n) is 8.39. The third kappa shape index (κ3) is 1.95. The molecule has 15 heavy (non-hydrogen) atoms. The first kappa shape index (κ1) is 10.7. The highest BCUT2D eigenvalue weighted by Crippen LogP contribution is 2.36. The Morgan fingerprint density at radius 2 is 2.07 bits per heavy atom. The van der Waals surface area contributed by atoms with Crippen molar-refractivity contribution in [3.05, 3.63) is 27.8 Å². The summed E-state index contributed by atoms with van der Waals surface area (Å²) < 4.78 is 0. The summed E-state index contributed by atoms with van der Waals surface area (Å²) in [6.07, 6.45) is 4.26. The lowest BCUT2D eigenvalue weighted by Crippen LogP contribution is -2.13. The summed E-state index contributed by atoms with van der Waals surface area (Å²) in [5.74, 6) is 0.0962. The van der Waals surface area contributed by atoms with E-state index in [-0.39, 0.29) is 12.3 Å². The van der Waals surface area contributed by atoms with E-state index in [1.54, 1.807) is 0 Å². The van der Waals surface area contributed by atoms with Gasteiger partial charge in [0, 0.05) is 12.1 Å². The van der Waals surface area contributed by atoms with Crippen LogP contribution in [0, 0.1) is 0 Å². The van der Waals surface area contributed by atoms with Crippen LogP contribution in [0.25, 0.3) is 0 Å². The molecule has 0 aliphatic heterocycles. The van der Waals surface area contributed by atoms with Crippen LogP contribution < -0.4 is 5.48 Å². The summed E-state index contributed by atoms with van der Waals surface area (Å²) in [4.78, 5) is 0. The molecular formula is C11H14ClNO2. The van der Waals surface area contributed by atoms with Crippen LogP contribution in [-0.4, -0.2) is 10.3 Å². The highest BCUT2D eigenvalue weighted by atomic mass is 35.5. The number of hydroxylamine groups is 1. The van der Waals surface area contributed by atoms with Crippen LogP contribution in [0.4, 0.5) is 0 Å². The van der Waals surface area contributed by atoms with E-state index >= 15 is 0 Å². The quantitative estimate of drug-likeness (QED) is 0.680. The summed E-state index contributed by atoms with van der Waals surface area (Å²) in [7, 11) is 0. The molecule has 1 aromatic carbocycles. The predicted molar refractivity (Wildman–Crippen MR) is 58.4 cm³/mol. The van der Waals surface area contributed by atoms with E-state index in [2.05, 4.69) is 5.48 Å². The minimum Gasteiger partial charge on any atom is -0.506 e. The number of hydrogen-bond donors (Lipinski definition) is 3. The Balaban J connectivity index is 2.52. The first-order chi connectivity index (χ1) is 7.24. The summed E-state index contributed by atoms with van der Waals surface area (Å²) in [6, 6.07) is 1.84. The molecule has 1 aromatic rings. The molecule has 2 rings (SSSR count). The second-order valence-corrected chi connectivity index (χ2v) is 4.27. The lowest BCUT2D eigenvalue weighted by molar-refractivity contribution is 0.160. The van der Waals surface area contributed by atoms with E-state index in [1.165, 1.54) is 12.0 Å². The molecular weight excluding hydrogens is 214 g/mol. The summed E-state index contributed by atoms with van der Waals surface area (Å²) >= 11 is 5.93. The molecule has 0 bridgehead atoms. The summed E-state index contributed by atoms with van der Waals surface area (Å²) in [5.41, 5.74) is 5.17. The maximum Gasteiger partial charge on any atom is 0.139 e. The monoisotopic (exact) mass is 227 g/mol. The molecule has 1 aliphatic rings. The minimum absolute atomic E-state index is 0.0962. The molecule has 3 N–H and O–H groups in total. The molecule has 0 saturated carbocycles. The van der Waals surface area contributed by atoms with Gasteiger partial charge in [0.2, 0.25) is 0 Å². The van der Waals surface area contributed by atoms with Crippen molar-refractivity contribution in [1.29, 1.82) is 0 Å². The highest BCUT2D eigenvalue weighted by Gasteiger charge is 2.18. The maximum absolute atomic E-state index is 9.80. The zero-order valence-corrected chi connectivity index (χ0v) is 9.14. The number of nitrogens with one attached hydrogen (secondary N) is 1. The number of hydrogen-bond acceptors (Lipinski definition) is 3. The van der Waals surface area contributed by atoms with Crippen LogP contribution in [0.3, 0.4) is 0 Å². The second-order valence-electron chi connectivity index (χ2n) is 3.87. The topological polar surface area (TPSA) is 52.5 Å². The van der Waals surface area contributed by atoms with E-state index in [0.29, 0.717) is 5.02 Å². The molecule has 0 spiro atoms. The fraction of sp³-hybridized carbons (Fsp3) is 0.455. The Morgan fingerprint density at radius 3 is 2.80 bits per heavy atom. The Kier molecular flexibility index (Phi) is 3.14. The van der Waals surface area contributed by atoms with Crippen molar-refractivity contribution in [1.82, 2.24) is 5.48 Å². The standard InChI is InChI=1S/C11H14ClNO2/c12-10-5-7-3-1-2-4-8(7)9(6-13-15)11(10)14/h5,13-15H,1-4,6H2. The van der Waals surface area contributed by atoms with Gasteiger partial charge in [-0.2, -0.15) is 0 Å². The first-order valence-corrected chi connectivity index (χ1v) is 5.51. The number of aromatic hydroxyl groups is 1. The smallest absolute Gasteiger partial charge is 0.139 e. The molecule has 1 aliphatic carbocycles. The van der Waals surface area contributed by atoms with Gasteiger partial charge in [-0.05, 0) is 42.9 Å². The SMILES string of the molecule is ONCc1c(O)c(Cl)cc2c1CCCC2. The van der Waals surface area contributed by atoms with Crippen molar-refractivity contribution in [3.63, 3.8) is 0 Å². The normalized spacial score (nSPS) is 15.1. The van der Waals surface area contributed by atoms with Crippen molar-refractivity contribution in [2.75, 3.05) is 0 Å². The van der Waals surface area contributed by atoms with Crippen LogP contribution in [0.15, 0.2) is 6.07 Å². The third-order valence-electron chi connectivity index (χ3n) is 2.94. The summed E-state index contributed by atoms with van der Waals surface area (Å²) in [6.45, 7) is 0.245. The molecule has 4 heteroatoms. The Morgan fingerprint density at radius 1 is 1.33 bits per heavy atom. The summed E-state index contributed by atoms with van der Waals surface area (Å²) in [5, 5.41) is 18.9. The van der Waals surface area contributed by atoms with Gasteiger partial charge in [-0.25, -0.2) is 5.48 Å². The molecule has 0 unspecified atom stereocenters. The molecule has 0 saturated heterocycles. The average molecular weight is 228 g/mol. The number of rotatable bonds is 2. The van der Waals surface area contributed by atoms with Crippen molar-refractivity contribution < 1.29 is 10.3 Å². The van der Waals surface area contributed by atoms with Gasteiger partial charge >= 0.3 is 0 Å². The van der Waals surface area contributed by atoms with Gasteiger partial charge in [0.25, 0.3) is 0 Å². The fourth-order valence-electron chi connectivity index (χ4n) is 2.21. The third-order valence-corrected chi connectivity index (χ3v) is 3.23. The van der Waals surface area contributed by atoms with E-state index in [9.17, 15) is 5.11 Å². The van der Waals surface area contributed by atoms with Crippen LogP contribution in [-0.2, 0) is 19.4 Å². The number of aryl methyl sites for hydroxylation is 1. The number of halogens is 1. The Labute approximate surface area is 93.6 Å². The van der Waals surface area contributed by atoms with E-state index in [4.69, 9.17) is 16.8 Å². The lowest BCUT2D eigenvalue weighted by atomic mass is 9.88. The predicted octanol–water partition coefficient (Wildman–Crippen LogP) is 2.40. The molecule has 0 amide bonds. The van der Waals surface area contributed by atoms with Gasteiger partial charge in [-0.3, -0.25) is 0 Å². The minimum atomic E-state index is 0.0962. The molecule has 3 nitrogen and oxygen atoms in total. The van der Waals surface area contributed by atoms with Crippen molar-refractivity contribution in [2.24, 2.45) is 0 Å². The van der Waals surface area contributed by atoms with E-state index < -0.39 is 0 Å².